The molecule has 0 radical (unpaired) electrons. The van der Waals surface area contributed by atoms with E-state index in [1.54, 1.807) is 0 Å². The van der Waals surface area contributed by atoms with Crippen molar-refractivity contribution < 1.29 is 24.9 Å². The van der Waals surface area contributed by atoms with E-state index in [0.29, 0.717) is 6.42 Å². The van der Waals surface area contributed by atoms with E-state index in [1.165, 1.54) is 0 Å². The number of ether oxygens (including phenoxy) is 1. The minimum atomic E-state index is -1.43. The van der Waals surface area contributed by atoms with Gasteiger partial charge in [0.2, 0.25) is 0 Å². The van der Waals surface area contributed by atoms with E-state index in [1.807, 2.05) is 13.8 Å². The van der Waals surface area contributed by atoms with Gasteiger partial charge in [-0.05, 0) is 25.2 Å². The molecular formula is C15H22O5. The zero-order valence-corrected chi connectivity index (χ0v) is 11.9. The normalized spacial score (nSPS) is 55.1. The molecular weight excluding hydrogens is 260 g/mol. The Balaban J connectivity index is 2.07. The van der Waals surface area contributed by atoms with Gasteiger partial charge in [-0.25, -0.2) is 4.79 Å². The molecule has 2 aliphatic carbocycles. The van der Waals surface area contributed by atoms with Gasteiger partial charge in [-0.1, -0.05) is 20.4 Å². The van der Waals surface area contributed by atoms with Crippen LogP contribution < -0.4 is 0 Å². The summed E-state index contributed by atoms with van der Waals surface area (Å²) in [5.41, 5.74) is -3.37. The molecule has 1 heterocycles. The standard InChI is InChI=1S/C15H22O5/c1-8-4-5-10(16)15(19)6-11-14(18,7-13(8,15)3)9(2)12(17)20-11/h8,10-11,16,18-19H,2,4-7H2,1,3H3. The molecule has 0 spiro atoms. The number of fused-ring (bicyclic) bond motifs is 2. The van der Waals surface area contributed by atoms with E-state index in [9.17, 15) is 20.1 Å². The smallest absolute Gasteiger partial charge is 0.336 e. The summed E-state index contributed by atoms with van der Waals surface area (Å²) in [5.74, 6) is -0.477. The highest BCUT2D eigenvalue weighted by Gasteiger charge is 2.69. The first-order valence-corrected chi connectivity index (χ1v) is 7.18. The molecule has 3 N–H and O–H groups in total. The number of aliphatic hydroxyl groups is 3. The number of carbonyl (C=O) groups excluding carboxylic acids is 1. The third-order valence-corrected chi connectivity index (χ3v) is 6.19. The third-order valence-electron chi connectivity index (χ3n) is 6.19. The van der Waals surface area contributed by atoms with Crippen LogP contribution in [0.2, 0.25) is 0 Å². The lowest BCUT2D eigenvalue weighted by molar-refractivity contribution is -0.261. The number of rotatable bonds is 0. The highest BCUT2D eigenvalue weighted by atomic mass is 16.6. The molecule has 5 nitrogen and oxygen atoms in total. The van der Waals surface area contributed by atoms with Crippen LogP contribution in [-0.2, 0) is 9.53 Å². The Bertz CT molecular complexity index is 489. The highest BCUT2D eigenvalue weighted by molar-refractivity contribution is 5.93. The lowest BCUT2D eigenvalue weighted by Gasteiger charge is -2.60. The van der Waals surface area contributed by atoms with Crippen LogP contribution >= 0.6 is 0 Å². The van der Waals surface area contributed by atoms with Crippen molar-refractivity contribution in [1.29, 1.82) is 0 Å². The molecule has 0 bridgehead atoms. The average molecular weight is 282 g/mol. The topological polar surface area (TPSA) is 87.0 Å². The Morgan fingerprint density at radius 2 is 2.00 bits per heavy atom. The Morgan fingerprint density at radius 3 is 2.65 bits per heavy atom. The van der Waals surface area contributed by atoms with Crippen LogP contribution in [0.4, 0.5) is 0 Å². The molecule has 6 unspecified atom stereocenters. The summed E-state index contributed by atoms with van der Waals surface area (Å²) in [6.07, 6.45) is -0.142. The summed E-state index contributed by atoms with van der Waals surface area (Å²) < 4.78 is 5.16. The lowest BCUT2D eigenvalue weighted by Crippen LogP contribution is -2.69. The van der Waals surface area contributed by atoms with Crippen LogP contribution in [0, 0.1) is 11.3 Å². The minimum absolute atomic E-state index is 0.0519. The summed E-state index contributed by atoms with van der Waals surface area (Å²) in [4.78, 5) is 11.7. The molecule has 112 valence electrons. The third kappa shape index (κ3) is 1.41. The van der Waals surface area contributed by atoms with Crippen molar-refractivity contribution in [3.63, 3.8) is 0 Å². The van der Waals surface area contributed by atoms with E-state index < -0.39 is 34.8 Å². The maximum Gasteiger partial charge on any atom is 0.336 e. The van der Waals surface area contributed by atoms with E-state index >= 15 is 0 Å². The number of carbonyl (C=O) groups is 1. The van der Waals surface area contributed by atoms with Gasteiger partial charge < -0.3 is 20.1 Å². The fourth-order valence-corrected chi connectivity index (χ4v) is 4.41. The first kappa shape index (κ1) is 14.0. The molecule has 20 heavy (non-hydrogen) atoms. The molecule has 6 atom stereocenters. The molecule has 3 aliphatic rings. The molecule has 3 fully saturated rings. The zero-order valence-electron chi connectivity index (χ0n) is 11.9. The molecule has 1 aliphatic heterocycles. The fraction of sp³-hybridized carbons (Fsp3) is 0.800. The predicted octanol–water partition coefficient (Wildman–Crippen LogP) is 0.521. The molecule has 0 aromatic carbocycles. The Labute approximate surface area is 118 Å². The molecule has 5 heteroatoms. The van der Waals surface area contributed by atoms with Gasteiger partial charge in [-0.15, -0.1) is 0 Å². The van der Waals surface area contributed by atoms with Crippen LogP contribution in [0.25, 0.3) is 0 Å². The van der Waals surface area contributed by atoms with Crippen LogP contribution in [0.15, 0.2) is 12.2 Å². The monoisotopic (exact) mass is 282 g/mol. The van der Waals surface area contributed by atoms with Crippen LogP contribution in [0.1, 0.15) is 39.5 Å². The quantitative estimate of drug-likeness (QED) is 0.445. The van der Waals surface area contributed by atoms with Gasteiger partial charge in [-0.2, -0.15) is 0 Å². The molecule has 0 aromatic heterocycles. The Hall–Kier alpha value is -0.910. The summed E-state index contributed by atoms with van der Waals surface area (Å²) >= 11 is 0. The average Bonchev–Trinajstić information content (AvgIpc) is 2.58. The molecule has 1 saturated heterocycles. The van der Waals surface area contributed by atoms with Crippen LogP contribution in [0.5, 0.6) is 0 Å². The molecule has 3 rings (SSSR count). The maximum absolute atomic E-state index is 11.7. The first-order valence-electron chi connectivity index (χ1n) is 7.18. The lowest BCUT2D eigenvalue weighted by atomic mass is 9.48. The molecule has 2 saturated carbocycles. The van der Waals surface area contributed by atoms with Crippen molar-refractivity contribution in [2.75, 3.05) is 0 Å². The maximum atomic E-state index is 11.7. The summed E-state index contributed by atoms with van der Waals surface area (Å²) in [6, 6.07) is 0. The predicted molar refractivity (Wildman–Crippen MR) is 70.7 cm³/mol. The summed E-state index contributed by atoms with van der Waals surface area (Å²) in [7, 11) is 0. The van der Waals surface area contributed by atoms with Gasteiger partial charge in [0, 0.05) is 11.8 Å². The van der Waals surface area contributed by atoms with Crippen molar-refractivity contribution in [3.05, 3.63) is 12.2 Å². The zero-order chi connectivity index (χ0) is 14.9. The van der Waals surface area contributed by atoms with E-state index in [2.05, 4.69) is 6.58 Å². The van der Waals surface area contributed by atoms with Gasteiger partial charge in [0.1, 0.15) is 11.7 Å². The van der Waals surface area contributed by atoms with Gasteiger partial charge in [-0.3, -0.25) is 0 Å². The van der Waals surface area contributed by atoms with E-state index in [0.717, 1.165) is 6.42 Å². The second-order valence-corrected chi connectivity index (χ2v) is 7.01. The molecule has 0 amide bonds. The minimum Gasteiger partial charge on any atom is -0.455 e. The number of esters is 1. The summed E-state index contributed by atoms with van der Waals surface area (Å²) in [6.45, 7) is 7.55. The first-order chi connectivity index (χ1) is 9.15. The van der Waals surface area contributed by atoms with Crippen molar-refractivity contribution >= 4 is 5.97 Å². The van der Waals surface area contributed by atoms with Gasteiger partial charge >= 0.3 is 5.97 Å². The van der Waals surface area contributed by atoms with E-state index in [-0.39, 0.29) is 24.3 Å². The van der Waals surface area contributed by atoms with Gasteiger partial charge in [0.15, 0.2) is 0 Å². The van der Waals surface area contributed by atoms with Crippen molar-refractivity contribution in [1.82, 2.24) is 0 Å². The SMILES string of the molecule is C=C1C(=O)OC2CC3(O)C(O)CCC(C)C3(C)CC12O. The fourth-order valence-electron chi connectivity index (χ4n) is 4.41. The summed E-state index contributed by atoms with van der Waals surface area (Å²) in [5, 5.41) is 32.2. The second-order valence-electron chi connectivity index (χ2n) is 7.01. The highest BCUT2D eigenvalue weighted by Crippen LogP contribution is 2.61. The van der Waals surface area contributed by atoms with Crippen LogP contribution in [0.3, 0.4) is 0 Å². The van der Waals surface area contributed by atoms with Gasteiger partial charge in [0.05, 0.1) is 17.3 Å². The Morgan fingerprint density at radius 1 is 1.35 bits per heavy atom. The van der Waals surface area contributed by atoms with E-state index in [4.69, 9.17) is 4.74 Å². The molecule has 0 aromatic rings. The van der Waals surface area contributed by atoms with Crippen molar-refractivity contribution in [2.45, 2.75) is 62.9 Å². The Kier molecular flexibility index (Phi) is 2.70. The number of hydrogen-bond donors (Lipinski definition) is 3. The largest absolute Gasteiger partial charge is 0.455 e. The van der Waals surface area contributed by atoms with Crippen molar-refractivity contribution in [3.8, 4) is 0 Å². The van der Waals surface area contributed by atoms with Gasteiger partial charge in [0.25, 0.3) is 0 Å². The number of aliphatic hydroxyl groups excluding tert-OH is 1. The second kappa shape index (κ2) is 3.84. The number of hydrogen-bond acceptors (Lipinski definition) is 5. The van der Waals surface area contributed by atoms with Crippen molar-refractivity contribution in [2.24, 2.45) is 11.3 Å². The van der Waals surface area contributed by atoms with Crippen LogP contribution in [-0.4, -0.2) is 44.7 Å².